The standard InChI is InChI=1S/C24H24BBrN2O2/c1-27(2)10-9-23(29)28-15-19(11-17-5-3-7-21(25)13-17)24(30)20(16-28)12-18-6-4-8-22(26)14-18/h3-8,11-14H,9-10,15-16H2,1-2H3/b19-11+,20-12+. The first-order valence-electron chi connectivity index (χ1n) is 9.81. The molecule has 0 unspecified atom stereocenters. The van der Waals surface area contributed by atoms with Crippen molar-refractivity contribution in [3.8, 4) is 0 Å². The lowest BCUT2D eigenvalue weighted by Gasteiger charge is -2.30. The van der Waals surface area contributed by atoms with E-state index in [1.165, 1.54) is 0 Å². The number of carbonyl (C=O) groups excluding carboxylic acids is 2. The maximum absolute atomic E-state index is 13.2. The second-order valence-corrected chi connectivity index (χ2v) is 8.61. The lowest BCUT2D eigenvalue weighted by atomic mass is 9.91. The number of hydrogen-bond acceptors (Lipinski definition) is 3. The third-order valence-corrected chi connectivity index (χ3v) is 5.37. The van der Waals surface area contributed by atoms with Crippen LogP contribution in [0.25, 0.3) is 12.2 Å². The Morgan fingerprint density at radius 2 is 1.67 bits per heavy atom. The summed E-state index contributed by atoms with van der Waals surface area (Å²) in [5, 5.41) is 0. The number of Topliss-reactive ketones (excluding diaryl/α,β-unsaturated/α-hetero) is 1. The maximum atomic E-state index is 13.2. The molecule has 1 fully saturated rings. The molecule has 0 aliphatic carbocycles. The number of rotatable bonds is 5. The van der Waals surface area contributed by atoms with Crippen molar-refractivity contribution in [3.05, 3.63) is 75.3 Å². The van der Waals surface area contributed by atoms with Crippen molar-refractivity contribution in [2.75, 3.05) is 33.7 Å². The van der Waals surface area contributed by atoms with E-state index >= 15 is 0 Å². The van der Waals surface area contributed by atoms with Gasteiger partial charge in [-0.15, -0.1) is 0 Å². The highest BCUT2D eigenvalue weighted by atomic mass is 79.9. The molecule has 2 radical (unpaired) electrons. The number of nitrogens with zero attached hydrogens (tertiary/aromatic N) is 2. The van der Waals surface area contributed by atoms with Gasteiger partial charge in [-0.05, 0) is 49.5 Å². The summed E-state index contributed by atoms with van der Waals surface area (Å²) < 4.78 is 0.939. The van der Waals surface area contributed by atoms with Gasteiger partial charge in [0.2, 0.25) is 5.91 Å². The Hall–Kier alpha value is -2.44. The van der Waals surface area contributed by atoms with E-state index in [1.54, 1.807) is 11.0 Å². The summed E-state index contributed by atoms with van der Waals surface area (Å²) in [7, 11) is 9.77. The van der Waals surface area contributed by atoms with E-state index in [4.69, 9.17) is 7.85 Å². The Morgan fingerprint density at radius 3 is 2.23 bits per heavy atom. The van der Waals surface area contributed by atoms with E-state index < -0.39 is 0 Å². The summed E-state index contributed by atoms with van der Waals surface area (Å²) in [6.07, 6.45) is 4.11. The van der Waals surface area contributed by atoms with Gasteiger partial charge in [0.25, 0.3) is 0 Å². The number of hydrogen-bond donors (Lipinski definition) is 0. The molecule has 6 heteroatoms. The molecular weight excluding hydrogens is 439 g/mol. The molecule has 0 bridgehead atoms. The first-order valence-corrected chi connectivity index (χ1v) is 10.6. The molecule has 30 heavy (non-hydrogen) atoms. The molecule has 3 rings (SSSR count). The quantitative estimate of drug-likeness (QED) is 0.506. The van der Waals surface area contributed by atoms with Gasteiger partial charge in [0.05, 0.1) is 0 Å². The van der Waals surface area contributed by atoms with E-state index in [1.807, 2.05) is 73.6 Å². The number of benzene rings is 2. The van der Waals surface area contributed by atoms with Crippen LogP contribution in [0, 0.1) is 0 Å². The Labute approximate surface area is 187 Å². The molecule has 2 aromatic carbocycles. The molecule has 0 spiro atoms. The van der Waals surface area contributed by atoms with Gasteiger partial charge >= 0.3 is 0 Å². The molecule has 1 amide bonds. The van der Waals surface area contributed by atoms with Gasteiger partial charge in [0, 0.05) is 41.7 Å². The van der Waals surface area contributed by atoms with Crippen LogP contribution in [-0.4, -0.2) is 63.1 Å². The van der Waals surface area contributed by atoms with Crippen LogP contribution in [0.1, 0.15) is 17.5 Å². The van der Waals surface area contributed by atoms with Crippen molar-refractivity contribution in [3.63, 3.8) is 0 Å². The largest absolute Gasteiger partial charge is 0.334 e. The van der Waals surface area contributed by atoms with E-state index in [9.17, 15) is 9.59 Å². The molecule has 1 aliphatic heterocycles. The van der Waals surface area contributed by atoms with Crippen LogP contribution in [0.2, 0.25) is 0 Å². The van der Waals surface area contributed by atoms with E-state index in [0.29, 0.717) is 42.7 Å². The molecule has 152 valence electrons. The number of carbonyl (C=O) groups is 2. The summed E-state index contributed by atoms with van der Waals surface area (Å²) in [4.78, 5) is 29.8. The Balaban J connectivity index is 1.95. The number of halogens is 1. The Morgan fingerprint density at radius 1 is 1.07 bits per heavy atom. The van der Waals surface area contributed by atoms with E-state index in [2.05, 4.69) is 15.9 Å². The lowest BCUT2D eigenvalue weighted by molar-refractivity contribution is -0.131. The zero-order chi connectivity index (χ0) is 21.7. The predicted octanol–water partition coefficient (Wildman–Crippen LogP) is 3.07. The molecule has 0 atom stereocenters. The summed E-state index contributed by atoms with van der Waals surface area (Å²) >= 11 is 3.47. The van der Waals surface area contributed by atoms with Crippen molar-refractivity contribution < 1.29 is 9.59 Å². The second-order valence-electron chi connectivity index (χ2n) is 7.70. The van der Waals surface area contributed by atoms with Crippen LogP contribution in [0.15, 0.2) is 64.1 Å². The highest BCUT2D eigenvalue weighted by molar-refractivity contribution is 9.10. The second kappa shape index (κ2) is 10.0. The van der Waals surface area contributed by atoms with Crippen LogP contribution < -0.4 is 5.46 Å². The monoisotopic (exact) mass is 462 g/mol. The van der Waals surface area contributed by atoms with Crippen LogP contribution in [-0.2, 0) is 9.59 Å². The molecule has 0 N–H and O–H groups in total. The highest BCUT2D eigenvalue weighted by Gasteiger charge is 2.28. The normalized spacial score (nSPS) is 17.2. The minimum atomic E-state index is -0.0333. The third kappa shape index (κ3) is 6.03. The summed E-state index contributed by atoms with van der Waals surface area (Å²) in [6, 6.07) is 15.1. The minimum Gasteiger partial charge on any atom is -0.334 e. The molecule has 1 heterocycles. The van der Waals surface area contributed by atoms with E-state index in [-0.39, 0.29) is 11.7 Å². The number of amides is 1. The molecule has 1 aliphatic rings. The first-order chi connectivity index (χ1) is 14.3. The lowest BCUT2D eigenvalue weighted by Crippen LogP contribution is -2.42. The van der Waals surface area contributed by atoms with Gasteiger partial charge in [-0.25, -0.2) is 0 Å². The van der Waals surface area contributed by atoms with Gasteiger partial charge in [0.15, 0.2) is 5.78 Å². The molecular formula is C24H24BBrN2O2. The molecule has 2 aromatic rings. The highest BCUT2D eigenvalue weighted by Crippen LogP contribution is 2.23. The predicted molar refractivity (Wildman–Crippen MR) is 127 cm³/mol. The van der Waals surface area contributed by atoms with Gasteiger partial charge in [-0.3, -0.25) is 9.59 Å². The summed E-state index contributed by atoms with van der Waals surface area (Å²) in [5.74, 6) is 0.00359. The topological polar surface area (TPSA) is 40.6 Å². The van der Waals surface area contributed by atoms with Gasteiger partial charge in [0.1, 0.15) is 7.85 Å². The smallest absolute Gasteiger partial charge is 0.224 e. The Bertz CT molecular complexity index is 946. The fourth-order valence-electron chi connectivity index (χ4n) is 3.34. The fourth-order valence-corrected chi connectivity index (χ4v) is 3.76. The number of ketones is 1. The van der Waals surface area contributed by atoms with Crippen LogP contribution in [0.5, 0.6) is 0 Å². The van der Waals surface area contributed by atoms with Crippen LogP contribution >= 0.6 is 15.9 Å². The van der Waals surface area contributed by atoms with Crippen LogP contribution in [0.3, 0.4) is 0 Å². The molecule has 0 aromatic heterocycles. The molecule has 4 nitrogen and oxygen atoms in total. The summed E-state index contributed by atoms with van der Waals surface area (Å²) in [6.45, 7) is 1.28. The average Bonchev–Trinajstić information content (AvgIpc) is 2.69. The average molecular weight is 463 g/mol. The van der Waals surface area contributed by atoms with Crippen molar-refractivity contribution in [2.24, 2.45) is 0 Å². The van der Waals surface area contributed by atoms with Gasteiger partial charge < -0.3 is 9.80 Å². The van der Waals surface area contributed by atoms with Crippen molar-refractivity contribution in [1.29, 1.82) is 0 Å². The van der Waals surface area contributed by atoms with E-state index in [0.717, 1.165) is 15.6 Å². The maximum Gasteiger partial charge on any atom is 0.224 e. The van der Waals surface area contributed by atoms with Crippen molar-refractivity contribution in [2.45, 2.75) is 6.42 Å². The fraction of sp³-hybridized carbons (Fsp3) is 0.250. The number of piperidine rings is 1. The Kier molecular flexibility index (Phi) is 7.45. The van der Waals surface area contributed by atoms with Crippen molar-refractivity contribution >= 4 is 53.1 Å². The van der Waals surface area contributed by atoms with Crippen LogP contribution in [0.4, 0.5) is 0 Å². The molecule has 0 saturated carbocycles. The zero-order valence-electron chi connectivity index (χ0n) is 17.3. The van der Waals surface area contributed by atoms with Gasteiger partial charge in [-0.1, -0.05) is 57.8 Å². The summed E-state index contributed by atoms with van der Waals surface area (Å²) in [5.41, 5.74) is 3.59. The van der Waals surface area contributed by atoms with Crippen molar-refractivity contribution in [1.82, 2.24) is 9.80 Å². The van der Waals surface area contributed by atoms with Gasteiger partial charge in [-0.2, -0.15) is 0 Å². The molecule has 1 saturated heterocycles. The minimum absolute atomic E-state index is 0.0333. The third-order valence-electron chi connectivity index (χ3n) is 4.87. The zero-order valence-corrected chi connectivity index (χ0v) is 18.9. The SMILES string of the molecule is [B]c1cccc(/C=C2\CN(C(=O)CCN(C)C)C/C(=C\c3cccc(Br)c3)C2=O)c1. The number of likely N-dealkylation sites (tertiary alicyclic amines) is 1. The first kappa shape index (κ1) is 22.3.